The minimum Gasteiger partial charge on any atom is -0.382 e. The monoisotopic (exact) mass is 388 g/mol. The summed E-state index contributed by atoms with van der Waals surface area (Å²) in [6, 6.07) is 5.55. The van der Waals surface area contributed by atoms with Crippen LogP contribution in [0.25, 0.3) is 0 Å². The number of pyridine rings is 1. The van der Waals surface area contributed by atoms with Gasteiger partial charge < -0.3 is 15.0 Å². The zero-order valence-corrected chi connectivity index (χ0v) is 17.5. The van der Waals surface area contributed by atoms with Gasteiger partial charge in [-0.15, -0.1) is 0 Å². The van der Waals surface area contributed by atoms with Crippen molar-refractivity contribution in [1.29, 1.82) is 0 Å². The van der Waals surface area contributed by atoms with E-state index in [1.54, 1.807) is 18.2 Å². The van der Waals surface area contributed by atoms with Gasteiger partial charge in [-0.1, -0.05) is 31.7 Å². The number of ether oxygens (including phenoxy) is 1. The van der Waals surface area contributed by atoms with Gasteiger partial charge in [-0.3, -0.25) is 9.88 Å². The Bertz CT molecular complexity index is 598. The maximum atomic E-state index is 13.0. The number of hydrogen-bond donors (Lipinski definition) is 1. The Kier molecular flexibility index (Phi) is 7.68. The van der Waals surface area contributed by atoms with E-state index in [4.69, 9.17) is 4.74 Å². The van der Waals surface area contributed by atoms with Crippen molar-refractivity contribution in [1.82, 2.24) is 20.1 Å². The Morgan fingerprint density at radius 3 is 2.57 bits per heavy atom. The molecule has 0 bridgehead atoms. The molecule has 2 aliphatic rings. The lowest BCUT2D eigenvalue weighted by atomic mass is 9.79. The summed E-state index contributed by atoms with van der Waals surface area (Å²) in [6.07, 6.45) is 11.9. The second-order valence-corrected chi connectivity index (χ2v) is 8.33. The summed E-state index contributed by atoms with van der Waals surface area (Å²) in [4.78, 5) is 21.8. The topological polar surface area (TPSA) is 57.7 Å². The molecule has 2 fully saturated rings. The molecule has 1 aromatic rings. The van der Waals surface area contributed by atoms with Crippen molar-refractivity contribution < 1.29 is 9.53 Å². The third-order valence-electron chi connectivity index (χ3n) is 6.52. The molecule has 1 aliphatic heterocycles. The molecule has 6 heteroatoms. The van der Waals surface area contributed by atoms with Crippen LogP contribution in [0.2, 0.25) is 0 Å². The molecule has 1 unspecified atom stereocenters. The first-order valence-corrected chi connectivity index (χ1v) is 10.8. The average molecular weight is 389 g/mol. The molecule has 1 aliphatic carbocycles. The number of hydrogen-bond acceptors (Lipinski definition) is 4. The van der Waals surface area contributed by atoms with E-state index >= 15 is 0 Å². The molecule has 1 N–H and O–H groups in total. The zero-order valence-electron chi connectivity index (χ0n) is 17.5. The maximum Gasteiger partial charge on any atom is 0.317 e. The lowest BCUT2D eigenvalue weighted by molar-refractivity contribution is 0.0335. The van der Waals surface area contributed by atoms with Crippen molar-refractivity contribution in [2.75, 3.05) is 40.4 Å². The Morgan fingerprint density at radius 2 is 1.93 bits per heavy atom. The van der Waals surface area contributed by atoms with Gasteiger partial charge in [-0.2, -0.15) is 0 Å². The minimum absolute atomic E-state index is 0.0466. The van der Waals surface area contributed by atoms with Crippen molar-refractivity contribution in [2.45, 2.75) is 62.9 Å². The van der Waals surface area contributed by atoms with E-state index in [1.807, 2.05) is 25.2 Å². The summed E-state index contributed by atoms with van der Waals surface area (Å²) >= 11 is 0. The molecule has 2 amide bonds. The lowest BCUT2D eigenvalue weighted by Gasteiger charge is -2.48. The van der Waals surface area contributed by atoms with Gasteiger partial charge in [0.2, 0.25) is 0 Å². The van der Waals surface area contributed by atoms with Gasteiger partial charge in [-0.25, -0.2) is 4.79 Å². The molecule has 0 spiro atoms. The number of nitrogens with one attached hydrogen (secondary N) is 1. The molecule has 3 rings (SSSR count). The number of likely N-dealkylation sites (N-methyl/N-ethyl adjacent to an activating group) is 1. The van der Waals surface area contributed by atoms with Crippen LogP contribution in [-0.2, 0) is 4.74 Å². The van der Waals surface area contributed by atoms with Gasteiger partial charge in [0.05, 0.1) is 18.3 Å². The number of carbonyl (C=O) groups excluding carboxylic acids is 1. The summed E-state index contributed by atoms with van der Waals surface area (Å²) in [5.41, 5.74) is 0.988. The summed E-state index contributed by atoms with van der Waals surface area (Å²) in [5, 5.41) is 3.26. The van der Waals surface area contributed by atoms with Crippen LogP contribution in [0.3, 0.4) is 0 Å². The number of nitrogens with zero attached hydrogens (tertiary/aromatic N) is 3. The van der Waals surface area contributed by atoms with E-state index in [2.05, 4.69) is 15.2 Å². The first-order chi connectivity index (χ1) is 13.7. The first kappa shape index (κ1) is 21.1. The fourth-order valence-electron chi connectivity index (χ4n) is 4.82. The zero-order chi connectivity index (χ0) is 19.8. The van der Waals surface area contributed by atoms with Gasteiger partial charge in [0, 0.05) is 32.4 Å². The van der Waals surface area contributed by atoms with E-state index in [-0.39, 0.29) is 17.6 Å². The molecule has 1 saturated heterocycles. The second kappa shape index (κ2) is 10.2. The molecule has 2 heterocycles. The molecule has 1 aromatic heterocycles. The third-order valence-corrected chi connectivity index (χ3v) is 6.52. The molecule has 0 aromatic carbocycles. The van der Waals surface area contributed by atoms with Gasteiger partial charge in [0.1, 0.15) is 0 Å². The predicted molar refractivity (Wildman–Crippen MR) is 111 cm³/mol. The van der Waals surface area contributed by atoms with Crippen LogP contribution in [0.1, 0.15) is 63.1 Å². The van der Waals surface area contributed by atoms with Crippen LogP contribution in [-0.4, -0.2) is 66.8 Å². The van der Waals surface area contributed by atoms with Crippen LogP contribution >= 0.6 is 0 Å². The van der Waals surface area contributed by atoms with Gasteiger partial charge >= 0.3 is 6.03 Å². The number of urea groups is 1. The van der Waals surface area contributed by atoms with Gasteiger partial charge in [0.25, 0.3) is 0 Å². The molecular formula is C22H36N4O2. The number of aromatic nitrogens is 1. The number of piperidine rings is 1. The number of carbonyl (C=O) groups is 1. The Hall–Kier alpha value is -1.66. The fraction of sp³-hybridized carbons (Fsp3) is 0.727. The standard InChI is InChI=1S/C22H36N4O2/c1-25(20(17-28-2)19-11-5-8-14-23-19)21(27)24-18-22(12-6-3-7-13-22)26-15-9-4-10-16-26/h5,8,11,14,20H,3-4,6-7,9-10,12-13,15-18H2,1-2H3,(H,24,27). The number of amides is 2. The summed E-state index contributed by atoms with van der Waals surface area (Å²) < 4.78 is 5.37. The number of methoxy groups -OCH3 is 1. The Labute approximate surface area is 169 Å². The van der Waals surface area contributed by atoms with E-state index in [0.29, 0.717) is 6.61 Å². The van der Waals surface area contributed by atoms with Crippen molar-refractivity contribution in [3.63, 3.8) is 0 Å². The van der Waals surface area contributed by atoms with Gasteiger partial charge in [0.15, 0.2) is 0 Å². The highest BCUT2D eigenvalue weighted by atomic mass is 16.5. The summed E-state index contributed by atoms with van der Waals surface area (Å²) in [7, 11) is 3.50. The Morgan fingerprint density at radius 1 is 1.21 bits per heavy atom. The SMILES string of the molecule is COCC(c1ccccn1)N(C)C(=O)NCC1(N2CCCCC2)CCCCC1. The van der Waals surface area contributed by atoms with Gasteiger partial charge in [-0.05, 0) is 50.9 Å². The average Bonchev–Trinajstić information content (AvgIpc) is 2.77. The van der Waals surface area contributed by atoms with Crippen molar-refractivity contribution >= 4 is 6.03 Å². The number of likely N-dealkylation sites (tertiary alicyclic amines) is 1. The van der Waals surface area contributed by atoms with E-state index in [1.165, 1.54) is 64.5 Å². The molecule has 1 saturated carbocycles. The minimum atomic E-state index is -0.191. The molecule has 1 atom stereocenters. The van der Waals surface area contributed by atoms with E-state index < -0.39 is 0 Å². The highest BCUT2D eigenvalue weighted by Gasteiger charge is 2.39. The van der Waals surface area contributed by atoms with Crippen molar-refractivity contribution in [2.24, 2.45) is 0 Å². The van der Waals surface area contributed by atoms with Crippen LogP contribution < -0.4 is 5.32 Å². The molecule has 0 radical (unpaired) electrons. The van der Waals surface area contributed by atoms with Crippen molar-refractivity contribution in [3.8, 4) is 0 Å². The molecule has 6 nitrogen and oxygen atoms in total. The summed E-state index contributed by atoms with van der Waals surface area (Å²) in [5.74, 6) is 0. The molecule has 28 heavy (non-hydrogen) atoms. The number of rotatable bonds is 7. The smallest absolute Gasteiger partial charge is 0.317 e. The predicted octanol–water partition coefficient (Wildman–Crippen LogP) is 3.60. The third kappa shape index (κ3) is 5.03. The second-order valence-electron chi connectivity index (χ2n) is 8.33. The van der Waals surface area contributed by atoms with Crippen LogP contribution in [0.4, 0.5) is 4.79 Å². The van der Waals surface area contributed by atoms with E-state index in [9.17, 15) is 4.79 Å². The van der Waals surface area contributed by atoms with Crippen LogP contribution in [0.15, 0.2) is 24.4 Å². The quantitative estimate of drug-likeness (QED) is 0.775. The molecule has 156 valence electrons. The van der Waals surface area contributed by atoms with E-state index in [0.717, 1.165) is 12.2 Å². The highest BCUT2D eigenvalue weighted by molar-refractivity contribution is 5.74. The normalized spacial score (nSPS) is 21.1. The fourth-order valence-corrected chi connectivity index (χ4v) is 4.82. The first-order valence-electron chi connectivity index (χ1n) is 10.8. The van der Waals surface area contributed by atoms with Crippen LogP contribution in [0, 0.1) is 0 Å². The summed E-state index contributed by atoms with van der Waals surface area (Å²) in [6.45, 7) is 3.51. The molecular weight excluding hydrogens is 352 g/mol. The van der Waals surface area contributed by atoms with Crippen LogP contribution in [0.5, 0.6) is 0 Å². The highest BCUT2D eigenvalue weighted by Crippen LogP contribution is 2.35. The maximum absolute atomic E-state index is 13.0. The van der Waals surface area contributed by atoms with Crippen molar-refractivity contribution in [3.05, 3.63) is 30.1 Å². The largest absolute Gasteiger partial charge is 0.382 e. The lowest BCUT2D eigenvalue weighted by Crippen LogP contribution is -2.59. The Balaban J connectivity index is 1.65.